The van der Waals surface area contributed by atoms with E-state index < -0.39 is 0 Å². The lowest BCUT2D eigenvalue weighted by atomic mass is 10.3. The average molecular weight is 272 g/mol. The van der Waals surface area contributed by atoms with Crippen LogP contribution >= 0.6 is 23.2 Å². The Morgan fingerprint density at radius 1 is 1.24 bits per heavy atom. The molecular formula is C12H8Cl2FNO. The number of hydrogen-bond acceptors (Lipinski definition) is 2. The third kappa shape index (κ3) is 3.08. The van der Waals surface area contributed by atoms with Gasteiger partial charge in [-0.2, -0.15) is 0 Å². The first-order chi connectivity index (χ1) is 8.19. The van der Waals surface area contributed by atoms with E-state index in [-0.39, 0.29) is 11.7 Å². The standard InChI is InChI=1S/C12H8Cl2FNO/c13-6-8-5-12(16-7-11(8)14)17-10-3-1-9(15)2-4-10/h1-5,7H,6H2. The van der Waals surface area contributed by atoms with Crippen LogP contribution in [0.15, 0.2) is 36.5 Å². The van der Waals surface area contributed by atoms with Gasteiger partial charge in [-0.25, -0.2) is 9.37 Å². The molecule has 2 aromatic rings. The molecule has 1 heterocycles. The minimum atomic E-state index is -0.317. The Hall–Kier alpha value is -1.32. The molecular weight excluding hydrogens is 264 g/mol. The molecule has 0 saturated carbocycles. The summed E-state index contributed by atoms with van der Waals surface area (Å²) in [7, 11) is 0. The maximum atomic E-state index is 12.7. The third-order valence-electron chi connectivity index (χ3n) is 2.09. The quantitative estimate of drug-likeness (QED) is 0.772. The van der Waals surface area contributed by atoms with Gasteiger partial charge in [0.05, 0.1) is 5.02 Å². The lowest BCUT2D eigenvalue weighted by Crippen LogP contribution is -1.90. The fourth-order valence-electron chi connectivity index (χ4n) is 1.24. The van der Waals surface area contributed by atoms with E-state index in [0.717, 1.165) is 5.56 Å². The van der Waals surface area contributed by atoms with Crippen molar-refractivity contribution in [2.24, 2.45) is 0 Å². The number of rotatable bonds is 3. The Morgan fingerprint density at radius 2 is 1.94 bits per heavy atom. The van der Waals surface area contributed by atoms with Gasteiger partial charge in [0.2, 0.25) is 5.88 Å². The van der Waals surface area contributed by atoms with E-state index in [4.69, 9.17) is 27.9 Å². The second-order valence-electron chi connectivity index (χ2n) is 3.30. The first kappa shape index (κ1) is 12.1. The smallest absolute Gasteiger partial charge is 0.219 e. The van der Waals surface area contributed by atoms with E-state index >= 15 is 0 Å². The highest BCUT2D eigenvalue weighted by Crippen LogP contribution is 2.24. The molecule has 2 rings (SSSR count). The van der Waals surface area contributed by atoms with Crippen molar-refractivity contribution in [2.45, 2.75) is 5.88 Å². The lowest BCUT2D eigenvalue weighted by molar-refractivity contribution is 0.461. The van der Waals surface area contributed by atoms with Gasteiger partial charge < -0.3 is 4.74 Å². The lowest BCUT2D eigenvalue weighted by Gasteiger charge is -2.06. The molecule has 0 unspecified atom stereocenters. The van der Waals surface area contributed by atoms with E-state index in [0.29, 0.717) is 16.7 Å². The molecule has 0 N–H and O–H groups in total. The van der Waals surface area contributed by atoms with Crippen molar-refractivity contribution in [3.63, 3.8) is 0 Å². The van der Waals surface area contributed by atoms with Crippen molar-refractivity contribution >= 4 is 23.2 Å². The van der Waals surface area contributed by atoms with E-state index in [9.17, 15) is 4.39 Å². The molecule has 0 aliphatic rings. The number of halogens is 3. The summed E-state index contributed by atoms with van der Waals surface area (Å²) in [6.45, 7) is 0. The average Bonchev–Trinajstić information content (AvgIpc) is 2.34. The van der Waals surface area contributed by atoms with Gasteiger partial charge in [0.1, 0.15) is 11.6 Å². The first-order valence-electron chi connectivity index (χ1n) is 4.83. The molecule has 1 aromatic carbocycles. The highest BCUT2D eigenvalue weighted by atomic mass is 35.5. The molecule has 0 bridgehead atoms. The maximum Gasteiger partial charge on any atom is 0.219 e. The Bertz CT molecular complexity index is 516. The molecule has 0 radical (unpaired) electrons. The van der Waals surface area contributed by atoms with Crippen LogP contribution < -0.4 is 4.74 Å². The number of benzene rings is 1. The molecule has 0 fully saturated rings. The Morgan fingerprint density at radius 3 is 2.59 bits per heavy atom. The van der Waals surface area contributed by atoms with Crippen LogP contribution in [0.3, 0.4) is 0 Å². The van der Waals surface area contributed by atoms with Crippen LogP contribution in [0.4, 0.5) is 4.39 Å². The molecule has 0 aliphatic heterocycles. The highest BCUT2D eigenvalue weighted by Gasteiger charge is 2.04. The number of ether oxygens (including phenoxy) is 1. The summed E-state index contributed by atoms with van der Waals surface area (Å²) in [4.78, 5) is 4.00. The fraction of sp³-hybridized carbons (Fsp3) is 0.0833. The molecule has 0 aliphatic carbocycles. The van der Waals surface area contributed by atoms with Crippen LogP contribution in [0.1, 0.15) is 5.56 Å². The van der Waals surface area contributed by atoms with Crippen molar-refractivity contribution < 1.29 is 9.13 Å². The molecule has 0 spiro atoms. The van der Waals surface area contributed by atoms with Crippen LogP contribution in [0.5, 0.6) is 11.6 Å². The molecule has 0 atom stereocenters. The molecule has 5 heteroatoms. The summed E-state index contributed by atoms with van der Waals surface area (Å²) in [5.41, 5.74) is 0.737. The highest BCUT2D eigenvalue weighted by molar-refractivity contribution is 6.32. The normalized spacial score (nSPS) is 10.3. The molecule has 0 saturated heterocycles. The van der Waals surface area contributed by atoms with Gasteiger partial charge in [-0.15, -0.1) is 11.6 Å². The van der Waals surface area contributed by atoms with Gasteiger partial charge in [-0.1, -0.05) is 11.6 Å². The van der Waals surface area contributed by atoms with Crippen molar-refractivity contribution in [2.75, 3.05) is 0 Å². The van der Waals surface area contributed by atoms with E-state index in [1.807, 2.05) is 0 Å². The monoisotopic (exact) mass is 271 g/mol. The minimum absolute atomic E-state index is 0.279. The molecule has 2 nitrogen and oxygen atoms in total. The number of alkyl halides is 1. The zero-order valence-corrected chi connectivity index (χ0v) is 10.2. The maximum absolute atomic E-state index is 12.7. The van der Waals surface area contributed by atoms with Crippen molar-refractivity contribution in [1.82, 2.24) is 4.98 Å². The minimum Gasteiger partial charge on any atom is -0.439 e. The third-order valence-corrected chi connectivity index (χ3v) is 2.72. The number of nitrogens with zero attached hydrogens (tertiary/aromatic N) is 1. The molecule has 0 amide bonds. The van der Waals surface area contributed by atoms with Crippen LogP contribution in [-0.2, 0) is 5.88 Å². The number of hydrogen-bond donors (Lipinski definition) is 0. The van der Waals surface area contributed by atoms with E-state index in [1.54, 1.807) is 6.07 Å². The van der Waals surface area contributed by atoms with Gasteiger partial charge in [-0.3, -0.25) is 0 Å². The van der Waals surface area contributed by atoms with Gasteiger partial charge in [0, 0.05) is 18.1 Å². The second-order valence-corrected chi connectivity index (χ2v) is 3.98. The fourth-order valence-corrected chi connectivity index (χ4v) is 1.70. The Labute approximate surface area is 108 Å². The Balaban J connectivity index is 2.21. The van der Waals surface area contributed by atoms with Gasteiger partial charge in [0.15, 0.2) is 0 Å². The van der Waals surface area contributed by atoms with Gasteiger partial charge >= 0.3 is 0 Å². The molecule has 88 valence electrons. The van der Waals surface area contributed by atoms with Crippen molar-refractivity contribution in [3.8, 4) is 11.6 Å². The summed E-state index contributed by atoms with van der Waals surface area (Å²) in [5.74, 6) is 0.836. The molecule has 1 aromatic heterocycles. The molecule has 17 heavy (non-hydrogen) atoms. The van der Waals surface area contributed by atoms with Crippen molar-refractivity contribution in [3.05, 3.63) is 52.9 Å². The predicted molar refractivity (Wildman–Crippen MR) is 65.3 cm³/mol. The summed E-state index contributed by atoms with van der Waals surface area (Å²) in [5, 5.41) is 0.492. The van der Waals surface area contributed by atoms with E-state index in [1.165, 1.54) is 30.5 Å². The van der Waals surface area contributed by atoms with Gasteiger partial charge in [-0.05, 0) is 29.8 Å². The Kier molecular flexibility index (Phi) is 3.82. The first-order valence-corrected chi connectivity index (χ1v) is 5.74. The second kappa shape index (κ2) is 5.34. The summed E-state index contributed by atoms with van der Waals surface area (Å²) in [6.07, 6.45) is 1.47. The summed E-state index contributed by atoms with van der Waals surface area (Å²) >= 11 is 11.6. The van der Waals surface area contributed by atoms with Gasteiger partial charge in [0.25, 0.3) is 0 Å². The zero-order valence-electron chi connectivity index (χ0n) is 8.66. The topological polar surface area (TPSA) is 22.1 Å². The van der Waals surface area contributed by atoms with Crippen LogP contribution in [0.2, 0.25) is 5.02 Å². The SMILES string of the molecule is Fc1ccc(Oc2cc(CCl)c(Cl)cn2)cc1. The van der Waals surface area contributed by atoms with Crippen molar-refractivity contribution in [1.29, 1.82) is 0 Å². The van der Waals surface area contributed by atoms with Crippen LogP contribution in [-0.4, -0.2) is 4.98 Å². The van der Waals surface area contributed by atoms with E-state index in [2.05, 4.69) is 4.98 Å². The number of pyridine rings is 1. The van der Waals surface area contributed by atoms with Crippen LogP contribution in [0.25, 0.3) is 0 Å². The number of aromatic nitrogens is 1. The predicted octanol–water partition coefficient (Wildman–Crippen LogP) is 4.41. The van der Waals surface area contributed by atoms with Crippen LogP contribution in [0, 0.1) is 5.82 Å². The largest absolute Gasteiger partial charge is 0.439 e. The zero-order chi connectivity index (χ0) is 12.3. The summed E-state index contributed by atoms with van der Waals surface area (Å²) in [6, 6.07) is 7.32. The summed E-state index contributed by atoms with van der Waals surface area (Å²) < 4.78 is 18.1.